The molecule has 0 aromatic carbocycles. The zero-order chi connectivity index (χ0) is 7.56. The monoisotopic (exact) mass is 142 g/mol. The Bertz CT molecular complexity index is 98.9. The molecule has 0 bridgehead atoms. The Hall–Kier alpha value is -0.0400. The Balaban J connectivity index is 2.40. The van der Waals surface area contributed by atoms with Crippen LogP contribution in [-0.2, 0) is 4.74 Å². The summed E-state index contributed by atoms with van der Waals surface area (Å²) in [5.74, 6) is 1.59. The first-order valence-corrected chi connectivity index (χ1v) is 4.33. The number of hydrogen-bond acceptors (Lipinski definition) is 1. The first kappa shape index (κ1) is 8.06. The fourth-order valence-electron chi connectivity index (χ4n) is 1.82. The molecule has 60 valence electrons. The average Bonchev–Trinajstić information content (AvgIpc) is 1.88. The van der Waals surface area contributed by atoms with Crippen LogP contribution in [0.4, 0.5) is 0 Å². The molecule has 0 amide bonds. The lowest BCUT2D eigenvalue weighted by Crippen LogP contribution is -2.30. The van der Waals surface area contributed by atoms with Gasteiger partial charge in [-0.25, -0.2) is 0 Å². The lowest BCUT2D eigenvalue weighted by molar-refractivity contribution is -0.0299. The van der Waals surface area contributed by atoms with Crippen LogP contribution in [0.5, 0.6) is 0 Å². The summed E-state index contributed by atoms with van der Waals surface area (Å²) in [4.78, 5) is 0. The van der Waals surface area contributed by atoms with Crippen LogP contribution < -0.4 is 0 Å². The summed E-state index contributed by atoms with van der Waals surface area (Å²) in [6, 6.07) is 0. The van der Waals surface area contributed by atoms with Gasteiger partial charge in [-0.1, -0.05) is 13.8 Å². The molecule has 0 saturated carbocycles. The Labute approximate surface area is 63.8 Å². The second kappa shape index (κ2) is 3.38. The maximum atomic E-state index is 5.55. The van der Waals surface area contributed by atoms with Crippen LogP contribution in [0.2, 0.25) is 0 Å². The molecule has 1 aliphatic rings. The average molecular weight is 142 g/mol. The van der Waals surface area contributed by atoms with Gasteiger partial charge in [0.25, 0.3) is 0 Å². The minimum Gasteiger partial charge on any atom is -0.378 e. The van der Waals surface area contributed by atoms with Gasteiger partial charge >= 0.3 is 0 Å². The molecular weight excluding hydrogens is 124 g/mol. The van der Waals surface area contributed by atoms with Crippen molar-refractivity contribution in [2.45, 2.75) is 39.7 Å². The lowest BCUT2D eigenvalue weighted by atomic mass is 9.85. The highest BCUT2D eigenvalue weighted by molar-refractivity contribution is 4.73. The van der Waals surface area contributed by atoms with Crippen molar-refractivity contribution in [2.75, 3.05) is 6.61 Å². The summed E-state index contributed by atoms with van der Waals surface area (Å²) in [6.07, 6.45) is 3.11. The van der Waals surface area contributed by atoms with Crippen molar-refractivity contribution >= 4 is 0 Å². The zero-order valence-corrected chi connectivity index (χ0v) is 7.26. The molecule has 0 unspecified atom stereocenters. The Morgan fingerprint density at radius 2 is 2.10 bits per heavy atom. The van der Waals surface area contributed by atoms with Gasteiger partial charge in [0, 0.05) is 6.61 Å². The predicted octanol–water partition coefficient (Wildman–Crippen LogP) is 2.46. The Morgan fingerprint density at radius 3 is 2.50 bits per heavy atom. The van der Waals surface area contributed by atoms with Crippen molar-refractivity contribution in [2.24, 2.45) is 11.8 Å². The Morgan fingerprint density at radius 1 is 1.40 bits per heavy atom. The molecule has 0 aliphatic carbocycles. The van der Waals surface area contributed by atoms with Crippen LogP contribution in [0.25, 0.3) is 0 Å². The van der Waals surface area contributed by atoms with E-state index in [1.54, 1.807) is 0 Å². The summed E-state index contributed by atoms with van der Waals surface area (Å²) in [7, 11) is 0. The standard InChI is InChI=1S/C9H18O/c1-7(2)9-5-4-6-10-8(9)3/h7-9H,4-6H2,1-3H3/t8-,9-/m1/s1. The number of hydrogen-bond donors (Lipinski definition) is 0. The van der Waals surface area contributed by atoms with Gasteiger partial charge in [-0.15, -0.1) is 0 Å². The third kappa shape index (κ3) is 1.72. The normalized spacial score (nSPS) is 34.8. The van der Waals surface area contributed by atoms with E-state index in [0.29, 0.717) is 6.10 Å². The molecule has 0 aromatic heterocycles. The van der Waals surface area contributed by atoms with Crippen molar-refractivity contribution in [1.82, 2.24) is 0 Å². The maximum Gasteiger partial charge on any atom is 0.0577 e. The van der Waals surface area contributed by atoms with Crippen molar-refractivity contribution in [3.05, 3.63) is 0 Å². The molecule has 2 atom stereocenters. The van der Waals surface area contributed by atoms with Gasteiger partial charge in [0.2, 0.25) is 0 Å². The summed E-state index contributed by atoms with van der Waals surface area (Å²) in [5, 5.41) is 0. The molecule has 1 heteroatoms. The van der Waals surface area contributed by atoms with Crippen LogP contribution in [0.3, 0.4) is 0 Å². The van der Waals surface area contributed by atoms with E-state index in [-0.39, 0.29) is 0 Å². The van der Waals surface area contributed by atoms with Gasteiger partial charge in [-0.2, -0.15) is 0 Å². The van der Waals surface area contributed by atoms with E-state index in [0.717, 1.165) is 18.4 Å². The second-order valence-corrected chi connectivity index (χ2v) is 3.63. The number of rotatable bonds is 1. The zero-order valence-electron chi connectivity index (χ0n) is 7.26. The lowest BCUT2D eigenvalue weighted by Gasteiger charge is -2.31. The Kier molecular flexibility index (Phi) is 2.72. The minimum atomic E-state index is 0.494. The van der Waals surface area contributed by atoms with Crippen molar-refractivity contribution in [1.29, 1.82) is 0 Å². The van der Waals surface area contributed by atoms with Gasteiger partial charge in [-0.3, -0.25) is 0 Å². The van der Waals surface area contributed by atoms with E-state index in [1.165, 1.54) is 12.8 Å². The first-order chi connectivity index (χ1) is 4.72. The van der Waals surface area contributed by atoms with Gasteiger partial charge in [0.15, 0.2) is 0 Å². The molecule has 1 aliphatic heterocycles. The van der Waals surface area contributed by atoms with E-state index in [2.05, 4.69) is 20.8 Å². The molecule has 1 rings (SSSR count). The first-order valence-electron chi connectivity index (χ1n) is 4.33. The second-order valence-electron chi connectivity index (χ2n) is 3.63. The summed E-state index contributed by atoms with van der Waals surface area (Å²) in [5.41, 5.74) is 0. The van der Waals surface area contributed by atoms with E-state index >= 15 is 0 Å². The highest BCUT2D eigenvalue weighted by atomic mass is 16.5. The van der Waals surface area contributed by atoms with E-state index in [1.807, 2.05) is 0 Å². The van der Waals surface area contributed by atoms with Crippen molar-refractivity contribution in [3.63, 3.8) is 0 Å². The molecule has 0 radical (unpaired) electrons. The molecule has 0 N–H and O–H groups in total. The molecule has 1 nitrogen and oxygen atoms in total. The largest absolute Gasteiger partial charge is 0.378 e. The van der Waals surface area contributed by atoms with E-state index < -0.39 is 0 Å². The van der Waals surface area contributed by atoms with Crippen molar-refractivity contribution < 1.29 is 4.74 Å². The highest BCUT2D eigenvalue weighted by Gasteiger charge is 2.24. The van der Waals surface area contributed by atoms with Gasteiger partial charge in [-0.05, 0) is 31.6 Å². The maximum absolute atomic E-state index is 5.55. The third-order valence-electron chi connectivity index (χ3n) is 2.52. The van der Waals surface area contributed by atoms with Gasteiger partial charge < -0.3 is 4.74 Å². The highest BCUT2D eigenvalue weighted by Crippen LogP contribution is 2.26. The van der Waals surface area contributed by atoms with E-state index in [4.69, 9.17) is 4.74 Å². The third-order valence-corrected chi connectivity index (χ3v) is 2.52. The molecule has 1 fully saturated rings. The molecule has 1 heterocycles. The molecule has 1 saturated heterocycles. The molecular formula is C9H18O. The van der Waals surface area contributed by atoms with Gasteiger partial charge in [0.1, 0.15) is 0 Å². The number of ether oxygens (including phenoxy) is 1. The molecule has 0 aromatic rings. The predicted molar refractivity (Wildman–Crippen MR) is 43.0 cm³/mol. The molecule has 0 spiro atoms. The smallest absolute Gasteiger partial charge is 0.0577 e. The topological polar surface area (TPSA) is 9.23 Å². The van der Waals surface area contributed by atoms with Crippen molar-refractivity contribution in [3.8, 4) is 0 Å². The van der Waals surface area contributed by atoms with Gasteiger partial charge in [0.05, 0.1) is 6.10 Å². The van der Waals surface area contributed by atoms with Crippen LogP contribution in [0, 0.1) is 11.8 Å². The SMILES string of the molecule is CC(C)[C@H]1CCCO[C@@H]1C. The molecule has 10 heavy (non-hydrogen) atoms. The summed E-state index contributed by atoms with van der Waals surface area (Å²) < 4.78 is 5.55. The fourth-order valence-corrected chi connectivity index (χ4v) is 1.82. The minimum absolute atomic E-state index is 0.494. The van der Waals surface area contributed by atoms with Crippen LogP contribution in [0.15, 0.2) is 0 Å². The van der Waals surface area contributed by atoms with E-state index in [9.17, 15) is 0 Å². The summed E-state index contributed by atoms with van der Waals surface area (Å²) >= 11 is 0. The van der Waals surface area contributed by atoms with Crippen LogP contribution in [0.1, 0.15) is 33.6 Å². The van der Waals surface area contributed by atoms with Crippen LogP contribution in [-0.4, -0.2) is 12.7 Å². The van der Waals surface area contributed by atoms with Crippen LogP contribution >= 0.6 is 0 Å². The summed E-state index contributed by atoms with van der Waals surface area (Å²) in [6.45, 7) is 7.75. The fraction of sp³-hybridized carbons (Fsp3) is 1.00. The quantitative estimate of drug-likeness (QED) is 0.546.